The zero-order valence-corrected chi connectivity index (χ0v) is 20.9. The van der Waals surface area contributed by atoms with Crippen molar-refractivity contribution in [2.75, 3.05) is 32.0 Å². The van der Waals surface area contributed by atoms with Gasteiger partial charge in [0.1, 0.15) is 16.6 Å². The summed E-state index contributed by atoms with van der Waals surface area (Å²) in [5.74, 6) is -0.361. The van der Waals surface area contributed by atoms with E-state index >= 15 is 0 Å². The number of benzene rings is 2. The monoisotopic (exact) mass is 555 g/mol. The number of hydrogen-bond donors (Lipinski definition) is 2. The Morgan fingerprint density at radius 2 is 1.87 bits per heavy atom. The lowest BCUT2D eigenvalue weighted by molar-refractivity contribution is -0.384. The highest BCUT2D eigenvalue weighted by atomic mass is 35.5. The number of ether oxygens (including phenoxy) is 3. The molecule has 3 aromatic rings. The van der Waals surface area contributed by atoms with E-state index in [0.717, 1.165) is 12.1 Å². The molecule has 4 rings (SSSR count). The number of non-ortho nitro benzene ring substituents is 1. The summed E-state index contributed by atoms with van der Waals surface area (Å²) in [7, 11) is 4.12. The number of hydrogen-bond acceptors (Lipinski definition) is 8. The molecule has 0 fully saturated rings. The van der Waals surface area contributed by atoms with Gasteiger partial charge in [-0.05, 0) is 17.7 Å². The number of aromatic nitrogens is 2. The van der Waals surface area contributed by atoms with E-state index in [4.69, 9.17) is 25.8 Å². The maximum atomic E-state index is 14.1. The molecule has 15 heteroatoms. The predicted molar refractivity (Wildman–Crippen MR) is 130 cm³/mol. The largest absolute Gasteiger partial charge is 0.496 e. The maximum Gasteiger partial charge on any atom is 0.410 e. The molecule has 202 valence electrons. The first kappa shape index (κ1) is 26.9. The van der Waals surface area contributed by atoms with Crippen LogP contribution in [0.4, 0.5) is 30.4 Å². The molecule has 1 amide bonds. The highest BCUT2D eigenvalue weighted by molar-refractivity contribution is 6.36. The van der Waals surface area contributed by atoms with E-state index in [1.807, 2.05) is 0 Å². The predicted octanol–water partition coefficient (Wildman–Crippen LogP) is 5.38. The quantitative estimate of drug-likeness (QED) is 0.293. The van der Waals surface area contributed by atoms with E-state index in [9.17, 15) is 28.1 Å². The van der Waals surface area contributed by atoms with E-state index in [1.165, 1.54) is 27.4 Å². The van der Waals surface area contributed by atoms with Gasteiger partial charge in [-0.3, -0.25) is 14.9 Å². The summed E-state index contributed by atoms with van der Waals surface area (Å²) in [6.45, 7) is 0. The van der Waals surface area contributed by atoms with Crippen molar-refractivity contribution < 1.29 is 37.1 Å². The Balaban J connectivity index is 1.70. The van der Waals surface area contributed by atoms with E-state index in [0.29, 0.717) is 21.7 Å². The number of methoxy groups -OCH3 is 3. The van der Waals surface area contributed by atoms with Crippen LogP contribution in [0.15, 0.2) is 36.4 Å². The molecular weight excluding hydrogens is 535 g/mol. The van der Waals surface area contributed by atoms with Crippen molar-refractivity contribution in [3.8, 4) is 17.2 Å². The topological polar surface area (TPSA) is 130 Å². The van der Waals surface area contributed by atoms with Gasteiger partial charge in [0.15, 0.2) is 23.2 Å². The van der Waals surface area contributed by atoms with Crippen LogP contribution in [0.1, 0.15) is 34.6 Å². The number of anilines is 2. The molecule has 2 atom stereocenters. The van der Waals surface area contributed by atoms with Crippen LogP contribution < -0.4 is 24.8 Å². The molecule has 2 heterocycles. The summed E-state index contributed by atoms with van der Waals surface area (Å²) in [5.41, 5.74) is -0.435. The zero-order valence-electron chi connectivity index (χ0n) is 20.1. The van der Waals surface area contributed by atoms with Crippen molar-refractivity contribution in [1.29, 1.82) is 0 Å². The Morgan fingerprint density at radius 1 is 1.16 bits per heavy atom. The molecule has 0 saturated heterocycles. The number of nitrogens with one attached hydrogen (secondary N) is 2. The molecule has 0 saturated carbocycles. The fourth-order valence-corrected chi connectivity index (χ4v) is 4.36. The van der Waals surface area contributed by atoms with Gasteiger partial charge in [-0.15, -0.1) is 0 Å². The van der Waals surface area contributed by atoms with E-state index < -0.39 is 41.2 Å². The SMILES string of the molecule is COc1cc(NC(=O)c2nn3c(c2Cl)N[C@@H](c2ccc(OC)c(OC)c2)C[C@@H]3C(F)(F)F)cc([N+](=O)[O-])c1. The molecule has 38 heavy (non-hydrogen) atoms. The summed E-state index contributed by atoms with van der Waals surface area (Å²) in [4.78, 5) is 23.5. The molecule has 2 N–H and O–H groups in total. The van der Waals surface area contributed by atoms with Crippen LogP contribution in [0.2, 0.25) is 5.02 Å². The Bertz CT molecular complexity index is 1400. The second-order valence-corrected chi connectivity index (χ2v) is 8.57. The van der Waals surface area contributed by atoms with Crippen molar-refractivity contribution in [2.45, 2.75) is 24.7 Å². The van der Waals surface area contributed by atoms with Gasteiger partial charge in [0, 0.05) is 18.6 Å². The van der Waals surface area contributed by atoms with Crippen molar-refractivity contribution in [3.05, 3.63) is 62.8 Å². The molecule has 1 aliphatic rings. The third-order valence-corrected chi connectivity index (χ3v) is 6.27. The number of halogens is 4. The minimum absolute atomic E-state index is 0.0355. The molecule has 0 radical (unpaired) electrons. The molecule has 1 aromatic heterocycles. The number of carbonyl (C=O) groups excluding carboxylic acids is 1. The second kappa shape index (κ2) is 10.3. The van der Waals surface area contributed by atoms with Gasteiger partial charge < -0.3 is 24.8 Å². The number of rotatable bonds is 7. The minimum Gasteiger partial charge on any atom is -0.496 e. The van der Waals surface area contributed by atoms with Crippen LogP contribution >= 0.6 is 11.6 Å². The number of fused-ring (bicyclic) bond motifs is 1. The second-order valence-electron chi connectivity index (χ2n) is 8.19. The van der Waals surface area contributed by atoms with Crippen LogP contribution in [-0.2, 0) is 0 Å². The first-order valence-corrected chi connectivity index (χ1v) is 11.3. The number of alkyl halides is 3. The molecule has 0 unspecified atom stereocenters. The normalized spacial score (nSPS) is 16.7. The summed E-state index contributed by atoms with van der Waals surface area (Å²) in [5, 5.41) is 20.0. The van der Waals surface area contributed by atoms with Crippen molar-refractivity contribution in [2.24, 2.45) is 0 Å². The lowest BCUT2D eigenvalue weighted by Crippen LogP contribution is -2.35. The molecule has 0 aliphatic carbocycles. The Labute approximate surface area is 218 Å². The van der Waals surface area contributed by atoms with Gasteiger partial charge in [-0.25, -0.2) is 4.68 Å². The van der Waals surface area contributed by atoms with Gasteiger partial charge in [-0.1, -0.05) is 17.7 Å². The van der Waals surface area contributed by atoms with Gasteiger partial charge in [0.2, 0.25) is 0 Å². The molecule has 1 aliphatic heterocycles. The van der Waals surface area contributed by atoms with Gasteiger partial charge in [-0.2, -0.15) is 18.3 Å². The van der Waals surface area contributed by atoms with Crippen LogP contribution in [0.25, 0.3) is 0 Å². The zero-order chi connectivity index (χ0) is 27.8. The third kappa shape index (κ3) is 5.11. The average molecular weight is 556 g/mol. The summed E-state index contributed by atoms with van der Waals surface area (Å²) in [6, 6.07) is 5.26. The van der Waals surface area contributed by atoms with Crippen LogP contribution in [-0.4, -0.2) is 48.1 Å². The molecule has 0 spiro atoms. The van der Waals surface area contributed by atoms with Crippen LogP contribution in [0.3, 0.4) is 0 Å². The van der Waals surface area contributed by atoms with Gasteiger partial charge in [0.05, 0.1) is 44.0 Å². The van der Waals surface area contributed by atoms with Crippen LogP contribution in [0.5, 0.6) is 17.2 Å². The minimum atomic E-state index is -4.72. The summed E-state index contributed by atoms with van der Waals surface area (Å²) < 4.78 is 58.4. The molecule has 11 nitrogen and oxygen atoms in total. The smallest absolute Gasteiger partial charge is 0.410 e. The first-order chi connectivity index (χ1) is 18.0. The third-order valence-electron chi connectivity index (χ3n) is 5.92. The molecule has 2 aromatic carbocycles. The Kier molecular flexibility index (Phi) is 7.26. The fraction of sp³-hybridized carbons (Fsp3) is 0.304. The number of carbonyl (C=O) groups is 1. The van der Waals surface area contributed by atoms with E-state index in [2.05, 4.69) is 15.7 Å². The van der Waals surface area contributed by atoms with Gasteiger partial charge in [0.25, 0.3) is 11.6 Å². The number of nitro groups is 1. The highest BCUT2D eigenvalue weighted by Crippen LogP contribution is 2.47. The van der Waals surface area contributed by atoms with Gasteiger partial charge >= 0.3 is 6.18 Å². The summed E-state index contributed by atoms with van der Waals surface area (Å²) >= 11 is 6.37. The number of nitrogens with zero attached hydrogens (tertiary/aromatic N) is 3. The highest BCUT2D eigenvalue weighted by Gasteiger charge is 2.48. The summed E-state index contributed by atoms with van der Waals surface area (Å²) in [6.07, 6.45) is -5.17. The standard InChI is InChI=1S/C23H21ClF3N5O6/c1-36-14-8-12(7-13(9-14)32(34)35)28-22(33)20-19(24)21-29-15(10-18(23(25,26)27)31(21)30-20)11-4-5-16(37-2)17(6-11)38-3/h4-9,15,18,29H,10H2,1-3H3,(H,28,33)/t15-,18-/m1/s1. The van der Waals surface area contributed by atoms with E-state index in [1.54, 1.807) is 18.2 Å². The number of amides is 1. The van der Waals surface area contributed by atoms with Crippen molar-refractivity contribution in [3.63, 3.8) is 0 Å². The van der Waals surface area contributed by atoms with Crippen LogP contribution in [0, 0.1) is 10.1 Å². The Hall–Kier alpha value is -4.20. The number of nitro benzene ring substituents is 1. The first-order valence-electron chi connectivity index (χ1n) is 10.9. The average Bonchev–Trinajstić information content (AvgIpc) is 3.23. The molecule has 0 bridgehead atoms. The maximum absolute atomic E-state index is 14.1. The lowest BCUT2D eigenvalue weighted by Gasteiger charge is -2.33. The van der Waals surface area contributed by atoms with Crippen molar-refractivity contribution in [1.82, 2.24) is 9.78 Å². The van der Waals surface area contributed by atoms with Crippen molar-refractivity contribution >= 4 is 34.7 Å². The molecular formula is C23H21ClF3N5O6. The Morgan fingerprint density at radius 3 is 2.47 bits per heavy atom. The lowest BCUT2D eigenvalue weighted by atomic mass is 9.96. The van der Waals surface area contributed by atoms with E-state index in [-0.39, 0.29) is 28.0 Å². The fourth-order valence-electron chi connectivity index (χ4n) is 4.09.